The molecule has 0 saturated carbocycles. The van der Waals surface area contributed by atoms with Crippen molar-refractivity contribution in [2.24, 2.45) is 5.73 Å². The lowest BCUT2D eigenvalue weighted by molar-refractivity contribution is -0.121. The molecule has 136 valence electrons. The van der Waals surface area contributed by atoms with Gasteiger partial charge in [0.1, 0.15) is 18.9 Å². The van der Waals surface area contributed by atoms with Crippen LogP contribution in [-0.2, 0) is 11.3 Å². The maximum absolute atomic E-state index is 12.0. The molecule has 0 aliphatic rings. The van der Waals surface area contributed by atoms with Gasteiger partial charge in [0.15, 0.2) is 0 Å². The lowest BCUT2D eigenvalue weighted by Gasteiger charge is -2.06. The highest BCUT2D eigenvalue weighted by molar-refractivity contribution is 5.95. The predicted molar refractivity (Wildman–Crippen MR) is 101 cm³/mol. The second-order valence-corrected chi connectivity index (χ2v) is 5.64. The first-order valence-electron chi connectivity index (χ1n) is 8.29. The van der Waals surface area contributed by atoms with Crippen LogP contribution in [0.3, 0.4) is 0 Å². The average Bonchev–Trinajstić information content (AvgIpc) is 3.07. The molecule has 1 aromatic heterocycles. The van der Waals surface area contributed by atoms with Gasteiger partial charge in [-0.05, 0) is 24.3 Å². The van der Waals surface area contributed by atoms with E-state index < -0.39 is 5.91 Å². The molecule has 0 radical (unpaired) electrons. The number of fused-ring (bicyclic) bond motifs is 1. The molecule has 2 aromatic carbocycles. The molecule has 3 aromatic rings. The third-order valence-corrected chi connectivity index (χ3v) is 3.79. The number of carbonyl (C=O) groups excluding carboxylic acids is 2. The summed E-state index contributed by atoms with van der Waals surface area (Å²) in [5, 5.41) is 2.72. The van der Waals surface area contributed by atoms with Gasteiger partial charge in [-0.1, -0.05) is 36.1 Å². The summed E-state index contributed by atoms with van der Waals surface area (Å²) in [6.45, 7) is 0.462. The van der Waals surface area contributed by atoms with E-state index in [-0.39, 0.29) is 25.6 Å². The number of hydrogen-bond acceptors (Lipinski definition) is 4. The second-order valence-electron chi connectivity index (χ2n) is 5.64. The van der Waals surface area contributed by atoms with Crippen LogP contribution in [-0.4, -0.2) is 34.5 Å². The maximum Gasteiger partial charge on any atom is 0.252 e. The molecule has 0 atom stereocenters. The standard InChI is InChI=1S/C20H18N4O3/c21-20(26)15-7-1-4-10-18(15)27-12-6-5-11-22-19(25)13-24-14-23-16-8-2-3-9-17(16)24/h1-4,7-10,14H,11-13H2,(H2,21,26)(H,22,25). The van der Waals surface area contributed by atoms with Crippen LogP contribution in [0.4, 0.5) is 0 Å². The molecule has 0 unspecified atom stereocenters. The van der Waals surface area contributed by atoms with Crippen LogP contribution >= 0.6 is 0 Å². The molecule has 7 nitrogen and oxygen atoms in total. The zero-order chi connectivity index (χ0) is 19.1. The number of ether oxygens (including phenoxy) is 1. The number of carbonyl (C=O) groups is 2. The minimum atomic E-state index is -0.558. The zero-order valence-corrected chi connectivity index (χ0v) is 14.5. The summed E-state index contributed by atoms with van der Waals surface area (Å²) in [4.78, 5) is 27.6. The molecule has 27 heavy (non-hydrogen) atoms. The molecular formula is C20H18N4O3. The van der Waals surface area contributed by atoms with Crippen molar-refractivity contribution in [1.29, 1.82) is 0 Å². The SMILES string of the molecule is NC(=O)c1ccccc1OCC#CCNC(=O)Cn1cnc2ccccc21. The van der Waals surface area contributed by atoms with E-state index in [9.17, 15) is 9.59 Å². The highest BCUT2D eigenvalue weighted by Crippen LogP contribution is 2.16. The van der Waals surface area contributed by atoms with Gasteiger partial charge in [0, 0.05) is 0 Å². The maximum atomic E-state index is 12.0. The summed E-state index contributed by atoms with van der Waals surface area (Å²) in [5.41, 5.74) is 7.34. The Bertz CT molecular complexity index is 1030. The number of nitrogens with one attached hydrogen (secondary N) is 1. The normalized spacial score (nSPS) is 10.1. The Morgan fingerprint density at radius 1 is 1.11 bits per heavy atom. The monoisotopic (exact) mass is 362 g/mol. The van der Waals surface area contributed by atoms with Crippen LogP contribution < -0.4 is 15.8 Å². The molecule has 3 rings (SSSR count). The summed E-state index contributed by atoms with van der Waals surface area (Å²) in [6, 6.07) is 14.3. The fourth-order valence-corrected chi connectivity index (χ4v) is 2.51. The average molecular weight is 362 g/mol. The minimum Gasteiger partial charge on any atom is -0.480 e. The van der Waals surface area contributed by atoms with Crippen molar-refractivity contribution in [2.75, 3.05) is 13.2 Å². The van der Waals surface area contributed by atoms with E-state index in [4.69, 9.17) is 10.5 Å². The quantitative estimate of drug-likeness (QED) is 0.646. The van der Waals surface area contributed by atoms with Gasteiger partial charge in [-0.3, -0.25) is 9.59 Å². The van der Waals surface area contributed by atoms with Crippen LogP contribution in [0.5, 0.6) is 5.75 Å². The third kappa shape index (κ3) is 4.64. The highest BCUT2D eigenvalue weighted by atomic mass is 16.5. The lowest BCUT2D eigenvalue weighted by Crippen LogP contribution is -2.27. The molecule has 2 amide bonds. The van der Waals surface area contributed by atoms with Crippen molar-refractivity contribution in [1.82, 2.24) is 14.9 Å². The van der Waals surface area contributed by atoms with Crippen LogP contribution in [0.1, 0.15) is 10.4 Å². The van der Waals surface area contributed by atoms with Crippen LogP contribution in [0.2, 0.25) is 0 Å². The van der Waals surface area contributed by atoms with Gasteiger partial charge < -0.3 is 20.4 Å². The Hall–Kier alpha value is -3.79. The molecular weight excluding hydrogens is 344 g/mol. The van der Waals surface area contributed by atoms with Gasteiger partial charge in [0.2, 0.25) is 5.91 Å². The van der Waals surface area contributed by atoms with E-state index in [0.29, 0.717) is 11.3 Å². The summed E-state index contributed by atoms with van der Waals surface area (Å²) < 4.78 is 7.22. The minimum absolute atomic E-state index is 0.0896. The summed E-state index contributed by atoms with van der Waals surface area (Å²) in [7, 11) is 0. The zero-order valence-electron chi connectivity index (χ0n) is 14.5. The molecule has 0 aliphatic heterocycles. The van der Waals surface area contributed by atoms with Crippen LogP contribution in [0.15, 0.2) is 54.9 Å². The number of nitrogens with zero attached hydrogens (tertiary/aromatic N) is 2. The van der Waals surface area contributed by atoms with Gasteiger partial charge in [-0.15, -0.1) is 0 Å². The first-order chi connectivity index (χ1) is 13.1. The number of para-hydroxylation sites is 3. The number of primary amides is 1. The van der Waals surface area contributed by atoms with E-state index in [1.165, 1.54) is 0 Å². The van der Waals surface area contributed by atoms with E-state index in [1.54, 1.807) is 35.2 Å². The van der Waals surface area contributed by atoms with Crippen molar-refractivity contribution in [3.8, 4) is 17.6 Å². The van der Waals surface area contributed by atoms with E-state index in [1.807, 2.05) is 24.3 Å². The fraction of sp³-hybridized carbons (Fsp3) is 0.150. The van der Waals surface area contributed by atoms with Crippen molar-refractivity contribution < 1.29 is 14.3 Å². The van der Waals surface area contributed by atoms with Crippen molar-refractivity contribution in [3.05, 3.63) is 60.4 Å². The Morgan fingerprint density at radius 3 is 2.74 bits per heavy atom. The Balaban J connectivity index is 1.45. The van der Waals surface area contributed by atoms with E-state index >= 15 is 0 Å². The molecule has 0 bridgehead atoms. The lowest BCUT2D eigenvalue weighted by atomic mass is 10.2. The highest BCUT2D eigenvalue weighted by Gasteiger charge is 2.07. The molecule has 0 fully saturated rings. The Labute approximate surface area is 156 Å². The summed E-state index contributed by atoms with van der Waals surface area (Å²) in [5.74, 6) is 5.26. The van der Waals surface area contributed by atoms with Gasteiger partial charge in [0.25, 0.3) is 5.91 Å². The van der Waals surface area contributed by atoms with Gasteiger partial charge in [0.05, 0.1) is 29.5 Å². The largest absolute Gasteiger partial charge is 0.480 e. The van der Waals surface area contributed by atoms with Crippen LogP contribution in [0, 0.1) is 11.8 Å². The van der Waals surface area contributed by atoms with Crippen molar-refractivity contribution in [3.63, 3.8) is 0 Å². The first-order valence-corrected chi connectivity index (χ1v) is 8.29. The van der Waals surface area contributed by atoms with Gasteiger partial charge in [-0.2, -0.15) is 0 Å². The molecule has 7 heteroatoms. The summed E-state index contributed by atoms with van der Waals surface area (Å²) >= 11 is 0. The Morgan fingerprint density at radius 2 is 1.89 bits per heavy atom. The van der Waals surface area contributed by atoms with Gasteiger partial charge >= 0.3 is 0 Å². The molecule has 3 N–H and O–H groups in total. The Kier molecular flexibility index (Phi) is 5.70. The first kappa shape index (κ1) is 18.0. The number of aromatic nitrogens is 2. The molecule has 0 aliphatic carbocycles. The van der Waals surface area contributed by atoms with Gasteiger partial charge in [-0.25, -0.2) is 4.98 Å². The molecule has 0 saturated heterocycles. The third-order valence-electron chi connectivity index (χ3n) is 3.79. The number of rotatable bonds is 6. The summed E-state index contributed by atoms with van der Waals surface area (Å²) in [6.07, 6.45) is 1.64. The molecule has 0 spiro atoms. The number of benzene rings is 2. The number of amides is 2. The topological polar surface area (TPSA) is 99.2 Å². The van der Waals surface area contributed by atoms with Crippen LogP contribution in [0.25, 0.3) is 11.0 Å². The number of nitrogens with two attached hydrogens (primary N) is 1. The van der Waals surface area contributed by atoms with E-state index in [0.717, 1.165) is 11.0 Å². The molecule has 1 heterocycles. The fourth-order valence-electron chi connectivity index (χ4n) is 2.51. The van der Waals surface area contributed by atoms with Crippen molar-refractivity contribution in [2.45, 2.75) is 6.54 Å². The van der Waals surface area contributed by atoms with Crippen molar-refractivity contribution >= 4 is 22.8 Å². The second kappa shape index (κ2) is 8.54. The predicted octanol–water partition coefficient (Wildman–Crippen LogP) is 1.33. The number of imidazole rings is 1. The smallest absolute Gasteiger partial charge is 0.252 e. The number of hydrogen-bond donors (Lipinski definition) is 2. The van der Waals surface area contributed by atoms with E-state index in [2.05, 4.69) is 22.1 Å².